The van der Waals surface area contributed by atoms with Gasteiger partial charge in [0.25, 0.3) is 5.91 Å². The number of nitrogens with one attached hydrogen (secondary N) is 1. The number of aryl methyl sites for hydroxylation is 1. The zero-order valence-corrected chi connectivity index (χ0v) is 18.8. The van der Waals surface area contributed by atoms with Gasteiger partial charge in [-0.05, 0) is 50.4 Å². The number of likely N-dealkylation sites (tertiary alicyclic amines) is 2. The van der Waals surface area contributed by atoms with Crippen molar-refractivity contribution in [3.8, 4) is 5.75 Å². The van der Waals surface area contributed by atoms with E-state index in [-0.39, 0.29) is 17.9 Å². The van der Waals surface area contributed by atoms with Gasteiger partial charge in [0, 0.05) is 25.8 Å². The van der Waals surface area contributed by atoms with Gasteiger partial charge in [-0.15, -0.1) is 0 Å². The minimum Gasteiger partial charge on any atom is -0.497 e. The number of benzene rings is 1. The van der Waals surface area contributed by atoms with Crippen molar-refractivity contribution in [3.63, 3.8) is 0 Å². The van der Waals surface area contributed by atoms with E-state index in [4.69, 9.17) is 4.74 Å². The molecule has 2 amide bonds. The first kappa shape index (κ1) is 22.2. The normalized spacial score (nSPS) is 18.7. The van der Waals surface area contributed by atoms with E-state index >= 15 is 0 Å². The number of hydrogen-bond donors (Lipinski definition) is 1. The Morgan fingerprint density at radius 2 is 1.91 bits per heavy atom. The molecule has 0 radical (unpaired) electrons. The van der Waals surface area contributed by atoms with Crippen molar-refractivity contribution in [2.45, 2.75) is 45.2 Å². The minimum absolute atomic E-state index is 0.0580. The van der Waals surface area contributed by atoms with Crippen molar-refractivity contribution >= 4 is 11.8 Å². The monoisotopic (exact) mass is 437 g/mol. The van der Waals surface area contributed by atoms with Crippen molar-refractivity contribution < 1.29 is 14.3 Å². The number of amides is 2. The Bertz CT molecular complexity index is 959. The molecule has 2 fully saturated rings. The van der Waals surface area contributed by atoms with E-state index in [2.05, 4.69) is 20.2 Å². The third-order valence-electron chi connectivity index (χ3n) is 6.27. The highest BCUT2D eigenvalue weighted by Gasteiger charge is 2.32. The Kier molecular flexibility index (Phi) is 6.99. The second kappa shape index (κ2) is 10.1. The van der Waals surface area contributed by atoms with Crippen LogP contribution in [0.4, 0.5) is 0 Å². The number of hydrogen-bond acceptors (Lipinski definition) is 6. The molecule has 1 N–H and O–H groups in total. The molecule has 1 unspecified atom stereocenters. The maximum Gasteiger partial charge on any atom is 0.255 e. The zero-order valence-electron chi connectivity index (χ0n) is 18.8. The molecule has 0 spiro atoms. The molecule has 8 nitrogen and oxygen atoms in total. The largest absolute Gasteiger partial charge is 0.497 e. The molecule has 4 rings (SSSR count). The van der Waals surface area contributed by atoms with Crippen LogP contribution in [0.25, 0.3) is 0 Å². The highest BCUT2D eigenvalue weighted by Crippen LogP contribution is 2.32. The van der Waals surface area contributed by atoms with Gasteiger partial charge in [0.2, 0.25) is 5.91 Å². The lowest BCUT2D eigenvalue weighted by atomic mass is 9.96. The Balaban J connectivity index is 1.50. The molecule has 1 aromatic carbocycles. The molecular formula is C24H31N5O3. The first-order valence-electron chi connectivity index (χ1n) is 11.3. The fourth-order valence-corrected chi connectivity index (χ4v) is 4.27. The summed E-state index contributed by atoms with van der Waals surface area (Å²) in [6.45, 7) is 5.14. The second-order valence-electron chi connectivity index (χ2n) is 8.46. The molecule has 2 aliphatic heterocycles. The highest BCUT2D eigenvalue weighted by atomic mass is 16.5. The SMILES string of the molecule is COc1ccc(CNC(=O)c2cnc(C)nc2C2CCCCN2CC(=O)N2CCC2)cc1. The molecule has 1 atom stereocenters. The smallest absolute Gasteiger partial charge is 0.255 e. The number of aromatic nitrogens is 2. The Labute approximate surface area is 189 Å². The topological polar surface area (TPSA) is 87.7 Å². The van der Waals surface area contributed by atoms with Crippen molar-refractivity contribution in [1.29, 1.82) is 0 Å². The molecule has 8 heteroatoms. The Hall–Kier alpha value is -3.00. The molecule has 2 aromatic rings. The van der Waals surface area contributed by atoms with Crippen LogP contribution in [0.5, 0.6) is 5.75 Å². The summed E-state index contributed by atoms with van der Waals surface area (Å²) in [5.41, 5.74) is 2.19. The van der Waals surface area contributed by atoms with Gasteiger partial charge in [-0.3, -0.25) is 14.5 Å². The van der Waals surface area contributed by atoms with E-state index in [1.807, 2.05) is 36.1 Å². The molecule has 2 aliphatic rings. The van der Waals surface area contributed by atoms with Crippen molar-refractivity contribution in [3.05, 3.63) is 53.1 Å². The predicted octanol–water partition coefficient (Wildman–Crippen LogP) is 2.48. The number of ether oxygens (including phenoxy) is 1. The van der Waals surface area contributed by atoms with E-state index in [0.717, 1.165) is 62.3 Å². The zero-order chi connectivity index (χ0) is 22.5. The molecule has 0 bridgehead atoms. The van der Waals surface area contributed by atoms with Crippen LogP contribution in [0.3, 0.4) is 0 Å². The van der Waals surface area contributed by atoms with Gasteiger partial charge in [0.15, 0.2) is 0 Å². The van der Waals surface area contributed by atoms with Crippen molar-refractivity contribution in [1.82, 2.24) is 25.1 Å². The van der Waals surface area contributed by atoms with Crippen molar-refractivity contribution in [2.24, 2.45) is 0 Å². The van der Waals surface area contributed by atoms with Crippen LogP contribution in [-0.4, -0.2) is 64.9 Å². The van der Waals surface area contributed by atoms with Crippen LogP contribution < -0.4 is 10.1 Å². The summed E-state index contributed by atoms with van der Waals surface area (Å²) < 4.78 is 5.19. The molecule has 170 valence electrons. The predicted molar refractivity (Wildman–Crippen MR) is 120 cm³/mol. The number of rotatable bonds is 7. The molecule has 0 aliphatic carbocycles. The van der Waals surface area contributed by atoms with Crippen LogP contribution in [-0.2, 0) is 11.3 Å². The third-order valence-corrected chi connectivity index (χ3v) is 6.27. The highest BCUT2D eigenvalue weighted by molar-refractivity contribution is 5.95. The average Bonchev–Trinajstić information content (AvgIpc) is 2.77. The molecular weight excluding hydrogens is 406 g/mol. The Morgan fingerprint density at radius 3 is 2.59 bits per heavy atom. The second-order valence-corrected chi connectivity index (χ2v) is 8.46. The van der Waals surface area contributed by atoms with Gasteiger partial charge >= 0.3 is 0 Å². The Morgan fingerprint density at radius 1 is 1.12 bits per heavy atom. The molecule has 2 saturated heterocycles. The van der Waals surface area contributed by atoms with Crippen LogP contribution in [0.15, 0.2) is 30.5 Å². The maximum atomic E-state index is 13.1. The summed E-state index contributed by atoms with van der Waals surface area (Å²) in [6, 6.07) is 7.54. The lowest BCUT2D eigenvalue weighted by Crippen LogP contribution is -2.49. The average molecular weight is 438 g/mol. The third kappa shape index (κ3) is 5.07. The van der Waals surface area contributed by atoms with E-state index in [1.54, 1.807) is 13.3 Å². The molecule has 1 aromatic heterocycles. The van der Waals surface area contributed by atoms with E-state index in [9.17, 15) is 9.59 Å². The lowest BCUT2D eigenvalue weighted by Gasteiger charge is -2.38. The summed E-state index contributed by atoms with van der Waals surface area (Å²) in [5.74, 6) is 1.38. The minimum atomic E-state index is -0.199. The van der Waals surface area contributed by atoms with Gasteiger partial charge in [-0.1, -0.05) is 18.6 Å². The van der Waals surface area contributed by atoms with Gasteiger partial charge in [0.1, 0.15) is 11.6 Å². The van der Waals surface area contributed by atoms with Crippen molar-refractivity contribution in [2.75, 3.05) is 33.3 Å². The van der Waals surface area contributed by atoms with Gasteiger partial charge in [-0.2, -0.15) is 0 Å². The van der Waals surface area contributed by atoms with E-state index < -0.39 is 0 Å². The fourth-order valence-electron chi connectivity index (χ4n) is 4.27. The first-order valence-corrected chi connectivity index (χ1v) is 11.3. The number of methoxy groups -OCH3 is 1. The van der Waals surface area contributed by atoms with Crippen LogP contribution in [0.2, 0.25) is 0 Å². The lowest BCUT2D eigenvalue weighted by molar-refractivity contribution is -0.136. The quantitative estimate of drug-likeness (QED) is 0.716. The molecule has 32 heavy (non-hydrogen) atoms. The van der Waals surface area contributed by atoms with Gasteiger partial charge < -0.3 is 15.0 Å². The van der Waals surface area contributed by atoms with E-state index in [1.165, 1.54) is 0 Å². The van der Waals surface area contributed by atoms with Crippen LogP contribution in [0.1, 0.15) is 59.2 Å². The van der Waals surface area contributed by atoms with Gasteiger partial charge in [-0.25, -0.2) is 9.97 Å². The molecule has 3 heterocycles. The summed E-state index contributed by atoms with van der Waals surface area (Å²) in [5, 5.41) is 2.99. The first-order chi connectivity index (χ1) is 15.5. The molecule has 0 saturated carbocycles. The number of piperidine rings is 1. The fraction of sp³-hybridized carbons (Fsp3) is 0.500. The van der Waals surface area contributed by atoms with Gasteiger partial charge in [0.05, 0.1) is 31.0 Å². The number of nitrogens with zero attached hydrogens (tertiary/aromatic N) is 4. The summed E-state index contributed by atoms with van der Waals surface area (Å²) in [7, 11) is 1.63. The number of carbonyl (C=O) groups is 2. The van der Waals surface area contributed by atoms with Crippen LogP contribution >= 0.6 is 0 Å². The standard InChI is InChI=1S/C24H31N5O3/c1-17-25-15-20(24(31)26-14-18-7-9-19(32-2)10-8-18)23(27-17)21-6-3-4-11-29(21)16-22(30)28-12-5-13-28/h7-10,15,21H,3-6,11-14,16H2,1-2H3,(H,26,31). The number of carbonyl (C=O) groups excluding carboxylic acids is 2. The summed E-state index contributed by atoms with van der Waals surface area (Å²) >= 11 is 0. The van der Waals surface area contributed by atoms with E-state index in [0.29, 0.717) is 24.5 Å². The van der Waals surface area contributed by atoms with Crippen LogP contribution in [0, 0.1) is 6.92 Å². The summed E-state index contributed by atoms with van der Waals surface area (Å²) in [4.78, 5) is 38.8. The maximum absolute atomic E-state index is 13.1. The summed E-state index contributed by atoms with van der Waals surface area (Å²) in [6.07, 6.45) is 5.67.